The number of aliphatic hydroxyl groups excluding tert-OH is 1. The van der Waals surface area contributed by atoms with Crippen LogP contribution in [0.2, 0.25) is 0 Å². The van der Waals surface area contributed by atoms with Crippen molar-refractivity contribution in [2.75, 3.05) is 36.7 Å². The van der Waals surface area contributed by atoms with Crippen molar-refractivity contribution in [3.05, 3.63) is 129 Å². The van der Waals surface area contributed by atoms with Gasteiger partial charge in [-0.3, -0.25) is 14.2 Å². The number of fused-ring (bicyclic) bond motifs is 3. The van der Waals surface area contributed by atoms with Gasteiger partial charge in [0.15, 0.2) is 23.2 Å². The van der Waals surface area contributed by atoms with Gasteiger partial charge in [-0.2, -0.15) is 0 Å². The molecule has 242 valence electrons. The van der Waals surface area contributed by atoms with Crippen LogP contribution >= 0.6 is 0 Å². The summed E-state index contributed by atoms with van der Waals surface area (Å²) >= 11 is 0. The highest BCUT2D eigenvalue weighted by atomic mass is 16.5. The lowest BCUT2D eigenvalue weighted by Gasteiger charge is -2.37. The fourth-order valence-electron chi connectivity index (χ4n) is 6.79. The monoisotopic (exact) mass is 645 g/mol. The lowest BCUT2D eigenvalue weighted by Crippen LogP contribution is -2.42. The highest BCUT2D eigenvalue weighted by Gasteiger charge is 2.48. The van der Waals surface area contributed by atoms with Crippen LogP contribution in [0.25, 0.3) is 11.2 Å². The van der Waals surface area contributed by atoms with E-state index in [4.69, 9.17) is 19.2 Å². The molecule has 13 heteroatoms. The quantitative estimate of drug-likeness (QED) is 0.142. The second-order valence-electron chi connectivity index (χ2n) is 11.8. The molecule has 1 fully saturated rings. The van der Waals surface area contributed by atoms with Crippen molar-refractivity contribution in [2.45, 2.75) is 30.0 Å². The van der Waals surface area contributed by atoms with Gasteiger partial charge < -0.3 is 35.3 Å². The zero-order chi connectivity index (χ0) is 33.0. The number of imidazole rings is 1. The molecule has 0 radical (unpaired) electrons. The van der Waals surface area contributed by atoms with Gasteiger partial charge in [-0.05, 0) is 41.0 Å². The number of nitrogens with one attached hydrogen (secondary N) is 3. The van der Waals surface area contributed by atoms with Gasteiger partial charge in [-0.25, -0.2) is 15.0 Å². The first-order valence-corrected chi connectivity index (χ1v) is 15.4. The van der Waals surface area contributed by atoms with Crippen LogP contribution in [-0.2, 0) is 10.3 Å². The molecule has 2 aliphatic heterocycles. The first kappa shape index (κ1) is 29.6. The molecule has 4 N–H and O–H groups in total. The third-order valence-electron chi connectivity index (χ3n) is 9.27. The topological polar surface area (TPSA) is 162 Å². The molecule has 2 aliphatic rings. The Balaban J connectivity index is 1.22. The van der Waals surface area contributed by atoms with E-state index in [9.17, 15) is 14.7 Å². The van der Waals surface area contributed by atoms with Crippen LogP contribution in [0.1, 0.15) is 22.9 Å². The molecule has 4 atom stereocenters. The van der Waals surface area contributed by atoms with Crippen LogP contribution in [0, 0.1) is 0 Å². The molecule has 0 unspecified atom stereocenters. The van der Waals surface area contributed by atoms with E-state index in [1.165, 1.54) is 6.33 Å². The average molecular weight is 646 g/mol. The molecule has 48 heavy (non-hydrogen) atoms. The summed E-state index contributed by atoms with van der Waals surface area (Å²) in [7, 11) is 3.26. The second-order valence-corrected chi connectivity index (χ2v) is 11.8. The van der Waals surface area contributed by atoms with Crippen LogP contribution in [0.15, 0.2) is 101 Å². The molecule has 4 heterocycles. The minimum absolute atomic E-state index is 0.175. The third-order valence-corrected chi connectivity index (χ3v) is 9.27. The maximum absolute atomic E-state index is 12.2. The standard InChI is InChI=1S/C35H31N7O6/c1-46-22-12-8-20(9-13-22)35(19-6-4-3-5-7-19,21-10-14-23(47-2)15-11-21)41-32-28-33(38-17-37-32)42(18-39-28)34-31(45)25-24(48-34)16-36-26-27(40-25)30(44)29(26)43/h3-15,17-18,24-25,31,34,36,40,45H,16H2,1-2H3,(H,37,38,41)/t24-,25-,31-,34-/m1/s1. The van der Waals surface area contributed by atoms with Gasteiger partial charge in [-0.1, -0.05) is 54.6 Å². The summed E-state index contributed by atoms with van der Waals surface area (Å²) in [5, 5.41) is 21.2. The van der Waals surface area contributed by atoms with Crippen molar-refractivity contribution in [3.63, 3.8) is 0 Å². The van der Waals surface area contributed by atoms with Gasteiger partial charge in [0, 0.05) is 6.54 Å². The molecular formula is C35H31N7O6. The lowest BCUT2D eigenvalue weighted by atomic mass is 9.77. The molecule has 4 aromatic carbocycles. The van der Waals surface area contributed by atoms with E-state index >= 15 is 0 Å². The molecular weight excluding hydrogens is 614 g/mol. The highest BCUT2D eigenvalue weighted by Crippen LogP contribution is 2.42. The summed E-state index contributed by atoms with van der Waals surface area (Å²) in [6.45, 7) is 0.237. The Morgan fingerprint density at radius 3 is 2.12 bits per heavy atom. The summed E-state index contributed by atoms with van der Waals surface area (Å²) in [6.07, 6.45) is 0.499. The van der Waals surface area contributed by atoms with E-state index in [0.717, 1.165) is 28.2 Å². The Morgan fingerprint density at radius 2 is 1.48 bits per heavy atom. The zero-order valence-electron chi connectivity index (χ0n) is 26.0. The Labute approximate surface area is 273 Å². The largest absolute Gasteiger partial charge is 0.497 e. The molecule has 0 spiro atoms. The molecule has 0 saturated carbocycles. The SMILES string of the molecule is COc1ccc(C(Nc2ncnc3c2ncn3[C@@H]2O[C@@H]3CNc4c(c(=O)c4=O)N[C@H]3[C@H]2O)(c2ccccc2)c2ccc(OC)cc2)cc1. The molecule has 13 nitrogen and oxygen atoms in total. The van der Waals surface area contributed by atoms with Gasteiger partial charge in [0.1, 0.15) is 46.9 Å². The molecule has 0 amide bonds. The minimum Gasteiger partial charge on any atom is -0.497 e. The van der Waals surface area contributed by atoms with Gasteiger partial charge in [0.05, 0.1) is 26.6 Å². The van der Waals surface area contributed by atoms with Crippen LogP contribution < -0.4 is 36.3 Å². The number of aromatic nitrogens is 4. The first-order valence-electron chi connectivity index (χ1n) is 15.4. The van der Waals surface area contributed by atoms with E-state index in [-0.39, 0.29) is 17.9 Å². The third kappa shape index (κ3) is 4.50. The fraction of sp³-hybridized carbons (Fsp3) is 0.229. The molecule has 6 aromatic rings. The second kappa shape index (κ2) is 11.5. The smallest absolute Gasteiger partial charge is 0.253 e. The molecule has 0 aliphatic carbocycles. The van der Waals surface area contributed by atoms with Crippen molar-refractivity contribution in [1.82, 2.24) is 19.5 Å². The fourth-order valence-corrected chi connectivity index (χ4v) is 6.79. The van der Waals surface area contributed by atoms with Crippen molar-refractivity contribution < 1.29 is 19.3 Å². The van der Waals surface area contributed by atoms with Crippen molar-refractivity contribution in [3.8, 4) is 11.5 Å². The number of methoxy groups -OCH3 is 2. The summed E-state index contributed by atoms with van der Waals surface area (Å²) < 4.78 is 18.9. The Kier molecular flexibility index (Phi) is 7.07. The predicted octanol–water partition coefficient (Wildman–Crippen LogP) is 3.01. The van der Waals surface area contributed by atoms with Crippen LogP contribution in [-0.4, -0.2) is 63.6 Å². The van der Waals surface area contributed by atoms with Gasteiger partial charge in [0.2, 0.25) is 0 Å². The van der Waals surface area contributed by atoms with Crippen LogP contribution in [0.4, 0.5) is 17.2 Å². The van der Waals surface area contributed by atoms with Crippen molar-refractivity contribution in [1.29, 1.82) is 0 Å². The number of rotatable bonds is 8. The number of benzene rings is 3. The van der Waals surface area contributed by atoms with E-state index in [2.05, 4.69) is 25.9 Å². The van der Waals surface area contributed by atoms with E-state index in [1.54, 1.807) is 25.1 Å². The van der Waals surface area contributed by atoms with E-state index < -0.39 is 40.9 Å². The molecule has 8 rings (SSSR count). The van der Waals surface area contributed by atoms with Crippen LogP contribution in [0.3, 0.4) is 0 Å². The minimum atomic E-state index is -1.09. The number of hydrogen-bond donors (Lipinski definition) is 4. The average Bonchev–Trinajstić information content (AvgIpc) is 3.65. The number of hydrogen-bond acceptors (Lipinski definition) is 12. The molecule has 1 saturated heterocycles. The maximum Gasteiger partial charge on any atom is 0.253 e. The summed E-state index contributed by atoms with van der Waals surface area (Å²) in [5.74, 6) is 1.88. The number of nitrogens with zero attached hydrogens (tertiary/aromatic N) is 4. The summed E-state index contributed by atoms with van der Waals surface area (Å²) in [5.41, 5.74) is 1.92. The van der Waals surface area contributed by atoms with Crippen molar-refractivity contribution in [2.24, 2.45) is 0 Å². The molecule has 2 aromatic heterocycles. The summed E-state index contributed by atoms with van der Waals surface area (Å²) in [6, 6.07) is 25.1. The van der Waals surface area contributed by atoms with E-state index in [1.807, 2.05) is 78.9 Å². The van der Waals surface area contributed by atoms with Gasteiger partial charge >= 0.3 is 0 Å². The predicted molar refractivity (Wildman–Crippen MR) is 178 cm³/mol. The zero-order valence-corrected chi connectivity index (χ0v) is 26.0. The lowest BCUT2D eigenvalue weighted by molar-refractivity contribution is -0.0311. The van der Waals surface area contributed by atoms with Gasteiger partial charge in [0.25, 0.3) is 10.9 Å². The van der Waals surface area contributed by atoms with Crippen LogP contribution in [0.5, 0.6) is 11.5 Å². The number of anilines is 3. The number of aliphatic hydroxyl groups is 1. The van der Waals surface area contributed by atoms with Gasteiger partial charge in [-0.15, -0.1) is 0 Å². The normalized spacial score (nSPS) is 20.3. The summed E-state index contributed by atoms with van der Waals surface area (Å²) in [4.78, 5) is 38.1. The highest BCUT2D eigenvalue weighted by molar-refractivity contribution is 5.84. The van der Waals surface area contributed by atoms with E-state index in [0.29, 0.717) is 17.0 Å². The molecule has 0 bridgehead atoms. The number of ether oxygens (including phenoxy) is 3. The first-order chi connectivity index (χ1) is 23.4. The van der Waals surface area contributed by atoms with Crippen molar-refractivity contribution >= 4 is 28.4 Å². The Morgan fingerprint density at radius 1 is 0.854 bits per heavy atom. The maximum atomic E-state index is 12.2. The Bertz CT molecular complexity index is 2130. The Hall–Kier alpha value is -5.79.